The van der Waals surface area contributed by atoms with E-state index < -0.39 is 0 Å². The largest absolute Gasteiger partial charge is 0.465 e. The molecule has 0 spiro atoms. The van der Waals surface area contributed by atoms with Gasteiger partial charge in [-0.2, -0.15) is 0 Å². The van der Waals surface area contributed by atoms with Crippen LogP contribution in [0.5, 0.6) is 0 Å². The van der Waals surface area contributed by atoms with Gasteiger partial charge in [-0.3, -0.25) is 0 Å². The number of anilines is 1. The number of thiophene rings is 1. The van der Waals surface area contributed by atoms with Crippen LogP contribution in [0.4, 0.5) is 5.00 Å². The van der Waals surface area contributed by atoms with Crippen molar-refractivity contribution >= 4 is 39.6 Å². The second kappa shape index (κ2) is 7.15. The SMILES string of the molecule is COC(=O)c1c(NC(=S)N2CCOCC2)sc2c1CC[C@H](C)C2. The highest BCUT2D eigenvalue weighted by Gasteiger charge is 2.29. The summed E-state index contributed by atoms with van der Waals surface area (Å²) in [7, 11) is 1.43. The van der Waals surface area contributed by atoms with Crippen molar-refractivity contribution < 1.29 is 14.3 Å². The topological polar surface area (TPSA) is 50.8 Å². The Morgan fingerprint density at radius 3 is 2.87 bits per heavy atom. The van der Waals surface area contributed by atoms with Crippen LogP contribution in [-0.4, -0.2) is 49.4 Å². The zero-order chi connectivity index (χ0) is 16.4. The van der Waals surface area contributed by atoms with Gasteiger partial charge in [-0.1, -0.05) is 6.92 Å². The average molecular weight is 354 g/mol. The van der Waals surface area contributed by atoms with E-state index in [0.717, 1.165) is 42.9 Å². The minimum absolute atomic E-state index is 0.274. The van der Waals surface area contributed by atoms with Gasteiger partial charge in [-0.25, -0.2) is 4.79 Å². The Morgan fingerprint density at radius 2 is 2.17 bits per heavy atom. The number of thiocarbonyl (C=S) groups is 1. The minimum Gasteiger partial charge on any atom is -0.465 e. The Hall–Kier alpha value is -1.18. The summed E-state index contributed by atoms with van der Waals surface area (Å²) in [4.78, 5) is 15.6. The number of esters is 1. The molecule has 126 valence electrons. The second-order valence-corrected chi connectivity index (χ2v) is 7.57. The zero-order valence-corrected chi connectivity index (χ0v) is 15.1. The first-order valence-electron chi connectivity index (χ1n) is 7.96. The van der Waals surface area contributed by atoms with Crippen LogP contribution in [0.2, 0.25) is 0 Å². The third-order valence-electron chi connectivity index (χ3n) is 4.42. The maximum Gasteiger partial charge on any atom is 0.341 e. The molecule has 1 aliphatic heterocycles. The van der Waals surface area contributed by atoms with E-state index in [1.165, 1.54) is 12.0 Å². The smallest absolute Gasteiger partial charge is 0.341 e. The molecule has 2 heterocycles. The number of nitrogens with zero attached hydrogens (tertiary/aromatic N) is 1. The molecule has 23 heavy (non-hydrogen) atoms. The van der Waals surface area contributed by atoms with Crippen molar-refractivity contribution in [1.82, 2.24) is 4.90 Å². The maximum absolute atomic E-state index is 12.3. The first kappa shape index (κ1) is 16.7. The van der Waals surface area contributed by atoms with Gasteiger partial charge in [0.1, 0.15) is 5.00 Å². The van der Waals surface area contributed by atoms with Gasteiger partial charge in [0.05, 0.1) is 25.9 Å². The van der Waals surface area contributed by atoms with Gasteiger partial charge in [0, 0.05) is 18.0 Å². The van der Waals surface area contributed by atoms with Crippen LogP contribution >= 0.6 is 23.6 Å². The fourth-order valence-corrected chi connectivity index (χ4v) is 4.85. The lowest BCUT2D eigenvalue weighted by atomic mass is 9.88. The van der Waals surface area contributed by atoms with Crippen molar-refractivity contribution in [2.75, 3.05) is 38.7 Å². The van der Waals surface area contributed by atoms with Gasteiger partial charge in [0.15, 0.2) is 5.11 Å². The van der Waals surface area contributed by atoms with Gasteiger partial charge < -0.3 is 19.7 Å². The normalized spacial score (nSPS) is 20.8. The van der Waals surface area contributed by atoms with Crippen molar-refractivity contribution in [3.63, 3.8) is 0 Å². The highest BCUT2D eigenvalue weighted by atomic mass is 32.1. The Labute approximate surface area is 145 Å². The number of methoxy groups -OCH3 is 1. The standard InChI is InChI=1S/C16H22N2O3S2/c1-10-3-4-11-12(9-10)23-14(13(11)15(19)20-2)17-16(22)18-5-7-21-8-6-18/h10H,3-9H2,1-2H3,(H,17,22)/t10-/m0/s1. The molecule has 1 aliphatic carbocycles. The molecule has 5 nitrogen and oxygen atoms in total. The lowest BCUT2D eigenvalue weighted by molar-refractivity contribution is 0.0600. The molecular weight excluding hydrogens is 332 g/mol. The van der Waals surface area contributed by atoms with Gasteiger partial charge in [-0.15, -0.1) is 11.3 Å². The number of hydrogen-bond acceptors (Lipinski definition) is 5. The molecule has 0 saturated carbocycles. The summed E-state index contributed by atoms with van der Waals surface area (Å²) in [6.07, 6.45) is 3.07. The molecule has 1 N–H and O–H groups in total. The summed E-state index contributed by atoms with van der Waals surface area (Å²) in [6.45, 7) is 5.18. The number of fused-ring (bicyclic) bond motifs is 1. The summed E-state index contributed by atoms with van der Waals surface area (Å²) in [5.41, 5.74) is 1.82. The van der Waals surface area contributed by atoms with Gasteiger partial charge in [0.25, 0.3) is 0 Å². The summed E-state index contributed by atoms with van der Waals surface area (Å²) < 4.78 is 10.4. The van der Waals surface area contributed by atoms with Gasteiger partial charge >= 0.3 is 5.97 Å². The molecule has 0 amide bonds. The zero-order valence-electron chi connectivity index (χ0n) is 13.5. The monoisotopic (exact) mass is 354 g/mol. The predicted octanol–water partition coefficient (Wildman–Crippen LogP) is 2.69. The Morgan fingerprint density at radius 1 is 1.43 bits per heavy atom. The molecule has 0 unspecified atom stereocenters. The number of carbonyl (C=O) groups is 1. The molecule has 0 radical (unpaired) electrons. The van der Waals surface area contributed by atoms with Crippen LogP contribution < -0.4 is 5.32 Å². The van der Waals surface area contributed by atoms with E-state index in [1.54, 1.807) is 11.3 Å². The van der Waals surface area contributed by atoms with Crippen LogP contribution in [0.3, 0.4) is 0 Å². The van der Waals surface area contributed by atoms with Crippen molar-refractivity contribution in [3.8, 4) is 0 Å². The fraction of sp³-hybridized carbons (Fsp3) is 0.625. The Kier molecular flexibility index (Phi) is 5.18. The molecule has 1 aromatic rings. The van der Waals surface area contributed by atoms with Crippen LogP contribution in [0, 0.1) is 5.92 Å². The van der Waals surface area contributed by atoms with E-state index in [9.17, 15) is 4.79 Å². The predicted molar refractivity (Wildman–Crippen MR) is 95.5 cm³/mol. The third kappa shape index (κ3) is 3.51. The molecule has 0 aromatic carbocycles. The highest BCUT2D eigenvalue weighted by Crippen LogP contribution is 2.40. The van der Waals surface area contributed by atoms with Crippen LogP contribution in [0.1, 0.15) is 34.1 Å². The molecular formula is C16H22N2O3S2. The van der Waals surface area contributed by atoms with Crippen molar-refractivity contribution in [3.05, 3.63) is 16.0 Å². The molecule has 7 heteroatoms. The van der Waals surface area contributed by atoms with E-state index >= 15 is 0 Å². The lowest BCUT2D eigenvalue weighted by Gasteiger charge is -2.29. The van der Waals surface area contributed by atoms with E-state index in [1.807, 2.05) is 0 Å². The number of rotatable bonds is 2. The van der Waals surface area contributed by atoms with E-state index in [0.29, 0.717) is 29.8 Å². The molecule has 3 rings (SSSR count). The molecule has 1 saturated heterocycles. The first-order valence-corrected chi connectivity index (χ1v) is 9.19. The molecule has 1 atom stereocenters. The number of carbonyl (C=O) groups excluding carboxylic acids is 1. The number of morpholine rings is 1. The number of nitrogens with one attached hydrogen (secondary N) is 1. The quantitative estimate of drug-likeness (QED) is 0.651. The van der Waals surface area contributed by atoms with Gasteiger partial charge in [-0.05, 0) is 43.0 Å². The minimum atomic E-state index is -0.274. The average Bonchev–Trinajstić information content (AvgIpc) is 2.91. The van der Waals surface area contributed by atoms with E-state index in [2.05, 4.69) is 17.1 Å². The van der Waals surface area contributed by atoms with E-state index in [-0.39, 0.29) is 5.97 Å². The summed E-state index contributed by atoms with van der Waals surface area (Å²) in [5, 5.41) is 4.77. The van der Waals surface area contributed by atoms with Crippen molar-refractivity contribution in [2.45, 2.75) is 26.2 Å². The summed E-state index contributed by atoms with van der Waals surface area (Å²) >= 11 is 7.16. The number of ether oxygens (including phenoxy) is 2. The highest BCUT2D eigenvalue weighted by molar-refractivity contribution is 7.80. The van der Waals surface area contributed by atoms with E-state index in [4.69, 9.17) is 21.7 Å². The Balaban J connectivity index is 1.85. The number of hydrogen-bond donors (Lipinski definition) is 1. The third-order valence-corrected chi connectivity index (χ3v) is 5.95. The van der Waals surface area contributed by atoms with Crippen LogP contribution in [0.15, 0.2) is 0 Å². The van der Waals surface area contributed by atoms with Crippen LogP contribution in [-0.2, 0) is 22.3 Å². The Bertz CT molecular complexity index is 609. The molecule has 1 fully saturated rings. The van der Waals surface area contributed by atoms with Gasteiger partial charge in [0.2, 0.25) is 0 Å². The maximum atomic E-state index is 12.3. The lowest BCUT2D eigenvalue weighted by Crippen LogP contribution is -2.42. The van der Waals surface area contributed by atoms with Crippen molar-refractivity contribution in [1.29, 1.82) is 0 Å². The molecule has 0 bridgehead atoms. The summed E-state index contributed by atoms with van der Waals surface area (Å²) in [6, 6.07) is 0. The first-order chi connectivity index (χ1) is 11.1. The van der Waals surface area contributed by atoms with Crippen molar-refractivity contribution in [2.24, 2.45) is 5.92 Å². The molecule has 1 aromatic heterocycles. The molecule has 2 aliphatic rings. The fourth-order valence-electron chi connectivity index (χ4n) is 3.10. The second-order valence-electron chi connectivity index (χ2n) is 6.08. The van der Waals surface area contributed by atoms with Crippen LogP contribution in [0.25, 0.3) is 0 Å². The summed E-state index contributed by atoms with van der Waals surface area (Å²) in [5.74, 6) is 0.384.